The van der Waals surface area contributed by atoms with Crippen molar-refractivity contribution in [2.24, 2.45) is 0 Å². The molecule has 0 aliphatic carbocycles. The quantitative estimate of drug-likeness (QED) is 0.391. The van der Waals surface area contributed by atoms with E-state index in [1.165, 1.54) is 11.1 Å². The molecule has 4 rings (SSSR count). The number of aromatic nitrogens is 1. The van der Waals surface area contributed by atoms with Crippen molar-refractivity contribution in [1.29, 1.82) is 0 Å². The molecule has 0 radical (unpaired) electrons. The van der Waals surface area contributed by atoms with E-state index < -0.39 is 0 Å². The second kappa shape index (κ2) is 9.04. The highest BCUT2D eigenvalue weighted by atomic mass is 16.5. The maximum Gasteiger partial charge on any atom is 0.262 e. The largest absolute Gasteiger partial charge is 0.484 e. The Morgan fingerprint density at radius 2 is 1.77 bits per heavy atom. The molecule has 0 unspecified atom stereocenters. The number of aryl methyl sites for hydroxylation is 1. The van der Waals surface area contributed by atoms with Gasteiger partial charge in [0.05, 0.1) is 0 Å². The minimum absolute atomic E-state index is 0.0626. The lowest BCUT2D eigenvalue weighted by Crippen LogP contribution is -2.20. The molecule has 1 N–H and O–H groups in total. The molecule has 1 heterocycles. The minimum atomic E-state index is -0.230. The fourth-order valence-electron chi connectivity index (χ4n) is 3.31. The van der Waals surface area contributed by atoms with Gasteiger partial charge >= 0.3 is 0 Å². The summed E-state index contributed by atoms with van der Waals surface area (Å²) in [5, 5.41) is 2.85. The number of nitrogens with zero attached hydrogens (tertiary/aromatic N) is 1. The van der Waals surface area contributed by atoms with Gasteiger partial charge in [-0.05, 0) is 65.9 Å². The molecule has 0 saturated heterocycles. The highest BCUT2D eigenvalue weighted by molar-refractivity contribution is 5.94. The molecule has 0 aliphatic heterocycles. The first-order chi connectivity index (χ1) is 15.0. The standard InChI is InChI=1S/C26H26N2O3/c1-4-18-5-7-20(8-6-18)26-28-23-15-21(11-14-24(23)31-26)27-25(29)16-30-22-12-9-19(10-13-22)17(2)3/h5-15,17H,4,16H2,1-3H3,(H,27,29). The highest BCUT2D eigenvalue weighted by Crippen LogP contribution is 2.26. The lowest BCUT2D eigenvalue weighted by Gasteiger charge is -2.09. The van der Waals surface area contributed by atoms with E-state index >= 15 is 0 Å². The molecule has 0 saturated carbocycles. The number of carbonyl (C=O) groups is 1. The number of rotatable bonds is 7. The number of fused-ring (bicyclic) bond motifs is 1. The molecule has 4 aromatic rings. The van der Waals surface area contributed by atoms with Crippen molar-refractivity contribution < 1.29 is 13.9 Å². The molecule has 0 fully saturated rings. The summed E-state index contributed by atoms with van der Waals surface area (Å²) in [6.45, 7) is 6.34. The Hall–Kier alpha value is -3.60. The molecule has 5 heteroatoms. The zero-order valence-corrected chi connectivity index (χ0v) is 18.0. The van der Waals surface area contributed by atoms with E-state index in [4.69, 9.17) is 9.15 Å². The number of nitrogens with one attached hydrogen (secondary N) is 1. The summed E-state index contributed by atoms with van der Waals surface area (Å²) in [5.74, 6) is 1.46. The number of carbonyl (C=O) groups excluding carboxylic acids is 1. The summed E-state index contributed by atoms with van der Waals surface area (Å²) in [7, 11) is 0. The SMILES string of the molecule is CCc1ccc(-c2nc3cc(NC(=O)COc4ccc(C(C)C)cc4)ccc3o2)cc1. The summed E-state index contributed by atoms with van der Waals surface area (Å²) in [6, 6.07) is 21.4. The molecule has 0 atom stereocenters. The molecule has 3 aromatic carbocycles. The van der Waals surface area contributed by atoms with Gasteiger partial charge in [-0.1, -0.05) is 45.0 Å². The average molecular weight is 415 g/mol. The normalized spacial score (nSPS) is 11.1. The zero-order valence-electron chi connectivity index (χ0n) is 18.0. The van der Waals surface area contributed by atoms with Crippen LogP contribution >= 0.6 is 0 Å². The van der Waals surface area contributed by atoms with E-state index in [0.29, 0.717) is 34.3 Å². The number of hydrogen-bond acceptors (Lipinski definition) is 4. The molecule has 1 amide bonds. The van der Waals surface area contributed by atoms with Crippen LogP contribution in [0.1, 0.15) is 37.8 Å². The van der Waals surface area contributed by atoms with Gasteiger partial charge in [-0.15, -0.1) is 0 Å². The predicted molar refractivity (Wildman–Crippen MR) is 123 cm³/mol. The summed E-state index contributed by atoms with van der Waals surface area (Å²) in [5.41, 5.74) is 5.45. The van der Waals surface area contributed by atoms with E-state index in [9.17, 15) is 4.79 Å². The van der Waals surface area contributed by atoms with Crippen LogP contribution in [0, 0.1) is 0 Å². The second-order valence-electron chi connectivity index (χ2n) is 7.81. The zero-order chi connectivity index (χ0) is 21.8. The summed E-state index contributed by atoms with van der Waals surface area (Å²) in [4.78, 5) is 16.9. The molecule has 5 nitrogen and oxygen atoms in total. The van der Waals surface area contributed by atoms with Gasteiger partial charge in [-0.25, -0.2) is 4.98 Å². The van der Waals surface area contributed by atoms with E-state index in [-0.39, 0.29) is 12.5 Å². The highest BCUT2D eigenvalue weighted by Gasteiger charge is 2.11. The van der Waals surface area contributed by atoms with Gasteiger partial charge in [0, 0.05) is 11.3 Å². The van der Waals surface area contributed by atoms with Crippen molar-refractivity contribution in [3.05, 3.63) is 77.9 Å². The Kier molecular flexibility index (Phi) is 6.03. The monoisotopic (exact) mass is 414 g/mol. The van der Waals surface area contributed by atoms with E-state index in [0.717, 1.165) is 12.0 Å². The molecule has 0 aliphatic rings. The third-order valence-electron chi connectivity index (χ3n) is 5.20. The Bertz CT molecular complexity index is 1180. The second-order valence-corrected chi connectivity index (χ2v) is 7.81. The predicted octanol–water partition coefficient (Wildman–Crippen LogP) is 6.20. The number of anilines is 1. The average Bonchev–Trinajstić information content (AvgIpc) is 3.21. The van der Waals surface area contributed by atoms with Crippen molar-refractivity contribution in [3.8, 4) is 17.2 Å². The Morgan fingerprint density at radius 1 is 1.03 bits per heavy atom. The van der Waals surface area contributed by atoms with Crippen LogP contribution in [-0.4, -0.2) is 17.5 Å². The Labute approximate surface area is 182 Å². The third-order valence-corrected chi connectivity index (χ3v) is 5.20. The fraction of sp³-hybridized carbons (Fsp3) is 0.231. The summed E-state index contributed by atoms with van der Waals surface area (Å²) < 4.78 is 11.5. The number of benzene rings is 3. The van der Waals surface area contributed by atoms with Crippen LogP contribution in [-0.2, 0) is 11.2 Å². The van der Waals surface area contributed by atoms with Crippen LogP contribution < -0.4 is 10.1 Å². The van der Waals surface area contributed by atoms with Crippen LogP contribution in [0.3, 0.4) is 0 Å². The fourth-order valence-corrected chi connectivity index (χ4v) is 3.31. The lowest BCUT2D eigenvalue weighted by atomic mass is 10.0. The smallest absolute Gasteiger partial charge is 0.262 e. The van der Waals surface area contributed by atoms with Crippen molar-refractivity contribution in [3.63, 3.8) is 0 Å². The molecule has 1 aromatic heterocycles. The molecular formula is C26H26N2O3. The van der Waals surface area contributed by atoms with Gasteiger partial charge in [0.15, 0.2) is 12.2 Å². The number of amides is 1. The summed E-state index contributed by atoms with van der Waals surface area (Å²) >= 11 is 0. The molecule has 0 bridgehead atoms. The number of oxazole rings is 1. The van der Waals surface area contributed by atoms with Crippen molar-refractivity contribution in [1.82, 2.24) is 4.98 Å². The van der Waals surface area contributed by atoms with Gasteiger partial charge in [0.25, 0.3) is 5.91 Å². The van der Waals surface area contributed by atoms with Gasteiger partial charge < -0.3 is 14.5 Å². The Balaban J connectivity index is 1.40. The van der Waals surface area contributed by atoms with E-state index in [1.807, 2.05) is 42.5 Å². The van der Waals surface area contributed by atoms with Gasteiger partial charge in [-0.2, -0.15) is 0 Å². The topological polar surface area (TPSA) is 64.4 Å². The maximum absolute atomic E-state index is 12.3. The van der Waals surface area contributed by atoms with Crippen LogP contribution in [0.5, 0.6) is 5.75 Å². The first-order valence-electron chi connectivity index (χ1n) is 10.5. The van der Waals surface area contributed by atoms with Gasteiger partial charge in [0.2, 0.25) is 5.89 Å². The molecule has 31 heavy (non-hydrogen) atoms. The maximum atomic E-state index is 12.3. The van der Waals surface area contributed by atoms with Gasteiger partial charge in [0.1, 0.15) is 11.3 Å². The number of ether oxygens (including phenoxy) is 1. The van der Waals surface area contributed by atoms with E-state index in [1.54, 1.807) is 12.1 Å². The molecular weight excluding hydrogens is 388 g/mol. The lowest BCUT2D eigenvalue weighted by molar-refractivity contribution is -0.118. The Morgan fingerprint density at radius 3 is 2.45 bits per heavy atom. The summed E-state index contributed by atoms with van der Waals surface area (Å²) in [6.07, 6.45) is 0.990. The van der Waals surface area contributed by atoms with Crippen LogP contribution in [0.2, 0.25) is 0 Å². The van der Waals surface area contributed by atoms with Crippen LogP contribution in [0.15, 0.2) is 71.1 Å². The molecule has 158 valence electrons. The minimum Gasteiger partial charge on any atom is -0.484 e. The van der Waals surface area contributed by atoms with Crippen LogP contribution in [0.25, 0.3) is 22.6 Å². The first-order valence-corrected chi connectivity index (χ1v) is 10.5. The van der Waals surface area contributed by atoms with Gasteiger partial charge in [-0.3, -0.25) is 4.79 Å². The van der Waals surface area contributed by atoms with E-state index in [2.05, 4.69) is 43.2 Å². The van der Waals surface area contributed by atoms with Crippen molar-refractivity contribution in [2.75, 3.05) is 11.9 Å². The van der Waals surface area contributed by atoms with Crippen molar-refractivity contribution >= 4 is 22.7 Å². The van der Waals surface area contributed by atoms with Crippen LogP contribution in [0.4, 0.5) is 5.69 Å². The first kappa shape index (κ1) is 20.7. The molecule has 0 spiro atoms. The number of hydrogen-bond donors (Lipinski definition) is 1. The third kappa shape index (κ3) is 4.94. The van der Waals surface area contributed by atoms with Crippen molar-refractivity contribution in [2.45, 2.75) is 33.1 Å².